The Balaban J connectivity index is 2.13. The molecule has 1 aromatic rings. The van der Waals surface area contributed by atoms with Crippen LogP contribution in [0.5, 0.6) is 0 Å². The van der Waals surface area contributed by atoms with Gasteiger partial charge in [-0.1, -0.05) is 0 Å². The van der Waals surface area contributed by atoms with Crippen LogP contribution in [0.1, 0.15) is 36.8 Å². The standard InChI is InChI=1S/C14H22F2N4O/c1-8-4-11(6-17)7-19(8)13(21)5-12-9(2)18-20(10(12)3)14(15)16/h8,11,14H,4-7,17H2,1-3H3. The highest BCUT2D eigenvalue weighted by atomic mass is 19.3. The minimum Gasteiger partial charge on any atom is -0.339 e. The van der Waals surface area contributed by atoms with Crippen LogP contribution in [0.2, 0.25) is 0 Å². The summed E-state index contributed by atoms with van der Waals surface area (Å²) in [6.07, 6.45) is 1.02. The summed E-state index contributed by atoms with van der Waals surface area (Å²) in [5.74, 6) is 0.286. The van der Waals surface area contributed by atoms with Crippen molar-refractivity contribution in [1.82, 2.24) is 14.7 Å². The van der Waals surface area contributed by atoms with Crippen molar-refractivity contribution in [3.8, 4) is 0 Å². The summed E-state index contributed by atoms with van der Waals surface area (Å²) < 4.78 is 26.3. The van der Waals surface area contributed by atoms with Crippen LogP contribution >= 0.6 is 0 Å². The molecule has 118 valence electrons. The maximum absolute atomic E-state index is 12.8. The molecule has 1 fully saturated rings. The Kier molecular flexibility index (Phi) is 4.61. The maximum atomic E-state index is 12.8. The zero-order valence-electron chi connectivity index (χ0n) is 12.6. The number of alkyl halides is 2. The number of nitrogens with zero attached hydrogens (tertiary/aromatic N) is 3. The molecule has 2 atom stereocenters. The van der Waals surface area contributed by atoms with E-state index in [9.17, 15) is 13.6 Å². The Hall–Kier alpha value is -1.50. The molecule has 0 aromatic carbocycles. The number of aromatic nitrogens is 2. The van der Waals surface area contributed by atoms with E-state index in [-0.39, 0.29) is 18.4 Å². The smallest absolute Gasteiger partial charge is 0.333 e. The number of carbonyl (C=O) groups excluding carboxylic acids is 1. The SMILES string of the molecule is Cc1nn(C(F)F)c(C)c1CC(=O)N1CC(CN)CC1C. The lowest BCUT2D eigenvalue weighted by Gasteiger charge is -2.21. The summed E-state index contributed by atoms with van der Waals surface area (Å²) in [4.78, 5) is 14.2. The Labute approximate surface area is 123 Å². The van der Waals surface area contributed by atoms with Crippen LogP contribution in [0, 0.1) is 19.8 Å². The number of amides is 1. The summed E-state index contributed by atoms with van der Waals surface area (Å²) in [5, 5.41) is 3.82. The Morgan fingerprint density at radius 1 is 1.48 bits per heavy atom. The molecule has 2 heterocycles. The lowest BCUT2D eigenvalue weighted by Crippen LogP contribution is -2.35. The minimum atomic E-state index is -2.68. The molecule has 0 bridgehead atoms. The van der Waals surface area contributed by atoms with Crippen LogP contribution in [0.4, 0.5) is 8.78 Å². The Morgan fingerprint density at radius 2 is 2.14 bits per heavy atom. The molecule has 1 saturated heterocycles. The van der Waals surface area contributed by atoms with Crippen molar-refractivity contribution in [1.29, 1.82) is 0 Å². The van der Waals surface area contributed by atoms with Crippen LogP contribution in [0.3, 0.4) is 0 Å². The van der Waals surface area contributed by atoms with Crippen molar-refractivity contribution >= 4 is 5.91 Å². The zero-order valence-corrected chi connectivity index (χ0v) is 12.6. The van der Waals surface area contributed by atoms with Crippen molar-refractivity contribution < 1.29 is 13.6 Å². The highest BCUT2D eigenvalue weighted by Crippen LogP contribution is 2.25. The van der Waals surface area contributed by atoms with Crippen LogP contribution in [0.15, 0.2) is 0 Å². The van der Waals surface area contributed by atoms with Crippen molar-refractivity contribution in [2.24, 2.45) is 11.7 Å². The largest absolute Gasteiger partial charge is 0.339 e. The molecule has 5 nitrogen and oxygen atoms in total. The zero-order chi connectivity index (χ0) is 15.7. The first-order valence-electron chi connectivity index (χ1n) is 7.17. The van der Waals surface area contributed by atoms with Gasteiger partial charge in [0.2, 0.25) is 5.91 Å². The van der Waals surface area contributed by atoms with Gasteiger partial charge in [-0.25, -0.2) is 4.68 Å². The van der Waals surface area contributed by atoms with E-state index in [0.717, 1.165) is 6.42 Å². The highest BCUT2D eigenvalue weighted by molar-refractivity contribution is 5.80. The van der Waals surface area contributed by atoms with E-state index in [1.807, 2.05) is 6.92 Å². The number of hydrogen-bond acceptors (Lipinski definition) is 3. The quantitative estimate of drug-likeness (QED) is 0.919. The van der Waals surface area contributed by atoms with Crippen molar-refractivity contribution in [3.05, 3.63) is 17.0 Å². The lowest BCUT2D eigenvalue weighted by molar-refractivity contribution is -0.131. The van der Waals surface area contributed by atoms with Gasteiger partial charge in [-0.05, 0) is 39.7 Å². The predicted molar refractivity (Wildman–Crippen MR) is 75.0 cm³/mol. The fourth-order valence-corrected chi connectivity index (χ4v) is 3.06. The molecule has 0 spiro atoms. The Morgan fingerprint density at radius 3 is 2.62 bits per heavy atom. The third-order valence-corrected chi connectivity index (χ3v) is 4.30. The first-order chi connectivity index (χ1) is 9.85. The number of carbonyl (C=O) groups is 1. The highest BCUT2D eigenvalue weighted by Gasteiger charge is 2.32. The topological polar surface area (TPSA) is 64.2 Å². The second kappa shape index (κ2) is 6.09. The molecule has 2 N–H and O–H groups in total. The van der Waals surface area contributed by atoms with Crippen molar-refractivity contribution in [3.63, 3.8) is 0 Å². The average molecular weight is 300 g/mol. The van der Waals surface area contributed by atoms with E-state index in [2.05, 4.69) is 5.10 Å². The third-order valence-electron chi connectivity index (χ3n) is 4.30. The van der Waals surface area contributed by atoms with Gasteiger partial charge in [-0.15, -0.1) is 0 Å². The minimum absolute atomic E-state index is 0.0431. The monoisotopic (exact) mass is 300 g/mol. The van der Waals surface area contributed by atoms with Gasteiger partial charge in [0, 0.05) is 23.8 Å². The fraction of sp³-hybridized carbons (Fsp3) is 0.714. The van der Waals surface area contributed by atoms with Crippen LogP contribution < -0.4 is 5.73 Å². The number of halogens is 2. The molecule has 0 saturated carbocycles. The molecule has 1 amide bonds. The van der Waals surface area contributed by atoms with E-state index < -0.39 is 6.55 Å². The first-order valence-corrected chi connectivity index (χ1v) is 7.17. The van der Waals surface area contributed by atoms with Gasteiger partial charge >= 0.3 is 6.55 Å². The normalized spacial score (nSPS) is 22.3. The number of aryl methyl sites for hydroxylation is 1. The van der Waals surface area contributed by atoms with Crippen LogP contribution in [-0.4, -0.2) is 39.7 Å². The summed E-state index contributed by atoms with van der Waals surface area (Å²) in [6.45, 7) is 3.76. The second-order valence-electron chi connectivity index (χ2n) is 5.78. The molecule has 1 aliphatic rings. The third kappa shape index (κ3) is 3.07. The van der Waals surface area contributed by atoms with E-state index in [1.54, 1.807) is 18.7 Å². The van der Waals surface area contributed by atoms with Gasteiger partial charge in [0.15, 0.2) is 0 Å². The van der Waals surface area contributed by atoms with Gasteiger partial charge < -0.3 is 10.6 Å². The van der Waals surface area contributed by atoms with Gasteiger partial charge in [0.05, 0.1) is 12.1 Å². The predicted octanol–water partition coefficient (Wildman–Crippen LogP) is 1.63. The van der Waals surface area contributed by atoms with E-state index >= 15 is 0 Å². The Bertz CT molecular complexity index is 529. The molecular formula is C14H22F2N4O. The van der Waals surface area contributed by atoms with Crippen LogP contribution in [0.25, 0.3) is 0 Å². The molecule has 1 aliphatic heterocycles. The second-order valence-corrected chi connectivity index (χ2v) is 5.78. The maximum Gasteiger partial charge on any atom is 0.333 e. The summed E-state index contributed by atoms with van der Waals surface area (Å²) in [7, 11) is 0. The first kappa shape index (κ1) is 15.9. The van der Waals surface area contributed by atoms with E-state index in [4.69, 9.17) is 5.73 Å². The number of rotatable bonds is 4. The van der Waals surface area contributed by atoms with Gasteiger partial charge in [-0.3, -0.25) is 4.79 Å². The number of nitrogens with two attached hydrogens (primary N) is 1. The number of likely N-dealkylation sites (tertiary alicyclic amines) is 1. The number of hydrogen-bond donors (Lipinski definition) is 1. The lowest BCUT2D eigenvalue weighted by atomic mass is 10.1. The molecule has 0 aliphatic carbocycles. The molecule has 0 radical (unpaired) electrons. The van der Waals surface area contributed by atoms with Crippen molar-refractivity contribution in [2.45, 2.75) is 46.2 Å². The summed E-state index contributed by atoms with van der Waals surface area (Å²) in [6, 6.07) is 0.150. The summed E-state index contributed by atoms with van der Waals surface area (Å²) >= 11 is 0. The average Bonchev–Trinajstić information content (AvgIpc) is 2.93. The van der Waals surface area contributed by atoms with Gasteiger partial charge in [-0.2, -0.15) is 13.9 Å². The molecule has 21 heavy (non-hydrogen) atoms. The van der Waals surface area contributed by atoms with Crippen molar-refractivity contribution in [2.75, 3.05) is 13.1 Å². The van der Waals surface area contributed by atoms with Crippen LogP contribution in [-0.2, 0) is 11.2 Å². The molecule has 7 heteroatoms. The summed E-state index contributed by atoms with van der Waals surface area (Å²) in [5.41, 5.74) is 7.11. The van der Waals surface area contributed by atoms with Gasteiger partial charge in [0.25, 0.3) is 0 Å². The molecule has 1 aromatic heterocycles. The van der Waals surface area contributed by atoms with E-state index in [1.165, 1.54) is 0 Å². The fourth-order valence-electron chi connectivity index (χ4n) is 3.06. The molecule has 2 rings (SSSR count). The van der Waals surface area contributed by atoms with E-state index in [0.29, 0.717) is 40.6 Å². The molecule has 2 unspecified atom stereocenters. The van der Waals surface area contributed by atoms with Gasteiger partial charge in [0.1, 0.15) is 0 Å². The molecular weight excluding hydrogens is 278 g/mol.